The Labute approximate surface area is 177 Å². The van der Waals surface area contributed by atoms with Crippen LogP contribution in [-0.4, -0.2) is 59.5 Å². The number of ether oxygens (including phenoxy) is 2. The van der Waals surface area contributed by atoms with Crippen molar-refractivity contribution in [1.29, 1.82) is 0 Å². The summed E-state index contributed by atoms with van der Waals surface area (Å²) in [6.07, 6.45) is 9.67. The first-order valence-corrected chi connectivity index (χ1v) is 12.1. The van der Waals surface area contributed by atoms with Crippen molar-refractivity contribution in [3.63, 3.8) is 0 Å². The summed E-state index contributed by atoms with van der Waals surface area (Å²) in [5.74, 6) is 1.45. The molecule has 1 saturated heterocycles. The Hall–Kier alpha value is -1.21. The Morgan fingerprint density at radius 1 is 1.24 bits per heavy atom. The summed E-state index contributed by atoms with van der Waals surface area (Å²) in [6, 6.07) is 2.75. The molecule has 5 nitrogen and oxygen atoms in total. The maximum atomic E-state index is 9.96. The molecule has 1 N–H and O–H groups in total. The molecule has 0 amide bonds. The van der Waals surface area contributed by atoms with Gasteiger partial charge in [0.1, 0.15) is 10.6 Å². The molecule has 2 aromatic rings. The van der Waals surface area contributed by atoms with Crippen LogP contribution in [0.25, 0.3) is 10.2 Å². The zero-order valence-electron chi connectivity index (χ0n) is 17.3. The van der Waals surface area contributed by atoms with E-state index in [9.17, 15) is 5.11 Å². The molecule has 0 unspecified atom stereocenters. The fourth-order valence-corrected chi connectivity index (χ4v) is 6.78. The Morgan fingerprint density at radius 2 is 2.03 bits per heavy atom. The number of nitrogens with zero attached hydrogens (tertiary/aromatic N) is 2. The molecule has 6 heteroatoms. The average molecular weight is 417 g/mol. The summed E-state index contributed by atoms with van der Waals surface area (Å²) < 4.78 is 12.1. The SMILES string of the molecule is C[C@H](O)C[C@H]1CCc2sc3nccc(O[C@H]4CC[C@H](N5CCOCC5)CC4)c3c21. The van der Waals surface area contributed by atoms with Gasteiger partial charge in [-0.3, -0.25) is 4.90 Å². The highest BCUT2D eigenvalue weighted by molar-refractivity contribution is 7.19. The van der Waals surface area contributed by atoms with Gasteiger partial charge in [0.2, 0.25) is 0 Å². The van der Waals surface area contributed by atoms with E-state index in [1.165, 1.54) is 28.7 Å². The fourth-order valence-electron chi connectivity index (χ4n) is 5.53. The van der Waals surface area contributed by atoms with Crippen LogP contribution in [0.15, 0.2) is 12.3 Å². The molecule has 2 fully saturated rings. The van der Waals surface area contributed by atoms with E-state index in [1.54, 1.807) is 0 Å². The van der Waals surface area contributed by atoms with Gasteiger partial charge in [0.05, 0.1) is 30.8 Å². The Balaban J connectivity index is 1.31. The molecule has 2 aliphatic carbocycles. The van der Waals surface area contributed by atoms with Crippen LogP contribution >= 0.6 is 11.3 Å². The van der Waals surface area contributed by atoms with Gasteiger partial charge in [0.15, 0.2) is 0 Å². The van der Waals surface area contributed by atoms with Crippen LogP contribution in [0, 0.1) is 0 Å². The molecule has 158 valence electrons. The van der Waals surface area contributed by atoms with Gasteiger partial charge < -0.3 is 14.6 Å². The smallest absolute Gasteiger partial charge is 0.131 e. The van der Waals surface area contributed by atoms with E-state index in [4.69, 9.17) is 9.47 Å². The first-order valence-electron chi connectivity index (χ1n) is 11.3. The minimum absolute atomic E-state index is 0.266. The van der Waals surface area contributed by atoms with Crippen LogP contribution in [0.4, 0.5) is 0 Å². The van der Waals surface area contributed by atoms with E-state index in [-0.39, 0.29) is 6.10 Å². The van der Waals surface area contributed by atoms with E-state index in [2.05, 4.69) is 16.0 Å². The zero-order chi connectivity index (χ0) is 19.8. The lowest BCUT2D eigenvalue weighted by Crippen LogP contribution is -2.46. The third kappa shape index (κ3) is 4.05. The van der Waals surface area contributed by atoms with Crippen molar-refractivity contribution >= 4 is 21.6 Å². The van der Waals surface area contributed by atoms with Crippen molar-refractivity contribution in [2.24, 2.45) is 0 Å². The predicted octanol–water partition coefficient (Wildman–Crippen LogP) is 4.12. The van der Waals surface area contributed by atoms with Crippen LogP contribution < -0.4 is 4.74 Å². The van der Waals surface area contributed by atoms with E-state index in [1.807, 2.05) is 24.5 Å². The molecule has 1 saturated carbocycles. The van der Waals surface area contributed by atoms with Gasteiger partial charge in [-0.25, -0.2) is 4.98 Å². The van der Waals surface area contributed by atoms with Gasteiger partial charge in [-0.05, 0) is 69.4 Å². The third-order valence-corrected chi connectivity index (χ3v) is 8.09. The third-order valence-electron chi connectivity index (χ3n) is 6.92. The molecular formula is C23H32N2O3S. The molecule has 5 rings (SSSR count). The summed E-state index contributed by atoms with van der Waals surface area (Å²) in [5.41, 5.74) is 1.41. The van der Waals surface area contributed by atoms with E-state index < -0.39 is 0 Å². The second-order valence-electron chi connectivity index (χ2n) is 8.95. The lowest BCUT2D eigenvalue weighted by atomic mass is 9.91. The molecule has 0 bridgehead atoms. The molecule has 1 aliphatic heterocycles. The van der Waals surface area contributed by atoms with Crippen molar-refractivity contribution in [3.05, 3.63) is 22.7 Å². The highest BCUT2D eigenvalue weighted by atomic mass is 32.1. The number of aromatic nitrogens is 1. The number of fused-ring (bicyclic) bond motifs is 3. The van der Waals surface area contributed by atoms with Crippen molar-refractivity contribution in [2.75, 3.05) is 26.3 Å². The van der Waals surface area contributed by atoms with Gasteiger partial charge in [0.25, 0.3) is 0 Å². The minimum atomic E-state index is -0.266. The largest absolute Gasteiger partial charge is 0.490 e. The van der Waals surface area contributed by atoms with Gasteiger partial charge in [-0.1, -0.05) is 0 Å². The number of hydrogen-bond acceptors (Lipinski definition) is 6. The summed E-state index contributed by atoms with van der Waals surface area (Å²) in [7, 11) is 0. The quantitative estimate of drug-likeness (QED) is 0.795. The summed E-state index contributed by atoms with van der Waals surface area (Å²) in [5, 5.41) is 11.2. The molecule has 3 heterocycles. The van der Waals surface area contributed by atoms with E-state index in [0.29, 0.717) is 18.1 Å². The standard InChI is InChI=1S/C23H32N2O3S/c1-15(26)14-16-2-7-20-21(16)22-19(8-9-24-23(22)29-20)28-18-5-3-17(4-6-18)25-10-12-27-13-11-25/h8-9,15-18,26H,2-7,10-14H2,1H3/t15-,16+,17-,18-/m0/s1. The summed E-state index contributed by atoms with van der Waals surface area (Å²) in [6.45, 7) is 5.81. The van der Waals surface area contributed by atoms with Crippen LogP contribution in [0.3, 0.4) is 0 Å². The number of hydrogen-bond donors (Lipinski definition) is 1. The van der Waals surface area contributed by atoms with E-state index >= 15 is 0 Å². The number of aryl methyl sites for hydroxylation is 1. The molecule has 0 spiro atoms. The maximum absolute atomic E-state index is 9.96. The maximum Gasteiger partial charge on any atom is 0.131 e. The highest BCUT2D eigenvalue weighted by Crippen LogP contribution is 2.48. The monoisotopic (exact) mass is 416 g/mol. The number of rotatable bonds is 5. The summed E-state index contributed by atoms with van der Waals surface area (Å²) >= 11 is 1.82. The molecule has 2 aromatic heterocycles. The predicted molar refractivity (Wildman–Crippen MR) is 116 cm³/mol. The van der Waals surface area contributed by atoms with Crippen LogP contribution in [0.5, 0.6) is 5.75 Å². The zero-order valence-corrected chi connectivity index (χ0v) is 18.1. The summed E-state index contributed by atoms with van der Waals surface area (Å²) in [4.78, 5) is 9.80. The van der Waals surface area contributed by atoms with Crippen LogP contribution in [0.1, 0.15) is 61.8 Å². The Kier molecular flexibility index (Phi) is 5.78. The van der Waals surface area contributed by atoms with Crippen molar-refractivity contribution < 1.29 is 14.6 Å². The van der Waals surface area contributed by atoms with Gasteiger partial charge in [-0.2, -0.15) is 0 Å². The number of aliphatic hydroxyl groups is 1. The van der Waals surface area contributed by atoms with Crippen LogP contribution in [-0.2, 0) is 11.2 Å². The van der Waals surface area contributed by atoms with Gasteiger partial charge in [-0.15, -0.1) is 11.3 Å². The molecule has 2 atom stereocenters. The first-order chi connectivity index (χ1) is 14.2. The lowest BCUT2D eigenvalue weighted by molar-refractivity contribution is -0.000920. The van der Waals surface area contributed by atoms with E-state index in [0.717, 1.165) is 69.0 Å². The second kappa shape index (κ2) is 8.50. The molecule has 3 aliphatic rings. The van der Waals surface area contributed by atoms with Crippen molar-refractivity contribution in [3.8, 4) is 5.75 Å². The van der Waals surface area contributed by atoms with Gasteiger partial charge >= 0.3 is 0 Å². The topological polar surface area (TPSA) is 54.8 Å². The molecule has 0 aromatic carbocycles. The number of aliphatic hydroxyl groups excluding tert-OH is 1. The van der Waals surface area contributed by atoms with Gasteiger partial charge in [0, 0.05) is 30.2 Å². The van der Waals surface area contributed by atoms with Crippen LogP contribution in [0.2, 0.25) is 0 Å². The Bertz CT molecular complexity index is 838. The second-order valence-corrected chi connectivity index (χ2v) is 10.0. The van der Waals surface area contributed by atoms with Crippen molar-refractivity contribution in [2.45, 2.75) is 76.0 Å². The average Bonchev–Trinajstić information content (AvgIpc) is 3.29. The molecule has 29 heavy (non-hydrogen) atoms. The molecule has 0 radical (unpaired) electrons. The number of thiophene rings is 1. The fraction of sp³-hybridized carbons (Fsp3) is 0.696. The number of morpholine rings is 1. The Morgan fingerprint density at radius 3 is 2.79 bits per heavy atom. The van der Waals surface area contributed by atoms with Crippen molar-refractivity contribution in [1.82, 2.24) is 9.88 Å². The minimum Gasteiger partial charge on any atom is -0.490 e. The highest BCUT2D eigenvalue weighted by Gasteiger charge is 2.32. The number of pyridine rings is 1. The molecular weight excluding hydrogens is 384 g/mol. The normalized spacial score (nSPS) is 29.1. The first kappa shape index (κ1) is 19.7. The lowest BCUT2D eigenvalue weighted by Gasteiger charge is -2.38.